The van der Waals surface area contributed by atoms with Crippen LogP contribution in [0.25, 0.3) is 53.9 Å². The van der Waals surface area contributed by atoms with Crippen LogP contribution in [0.1, 0.15) is 419 Å². The minimum Gasteiger partial charge on any atom is -0.493 e. The van der Waals surface area contributed by atoms with E-state index in [1.165, 1.54) is 128 Å². The van der Waals surface area contributed by atoms with Crippen LogP contribution in [-0.2, 0) is 57.3 Å². The first kappa shape index (κ1) is 101. The van der Waals surface area contributed by atoms with E-state index in [1.807, 2.05) is 107 Å². The number of hydrogen-bond acceptors (Lipinski definition) is 20. The van der Waals surface area contributed by atoms with Crippen molar-refractivity contribution in [3.8, 4) is 46.0 Å². The molecule has 0 N–H and O–H groups in total. The van der Waals surface area contributed by atoms with Crippen molar-refractivity contribution >= 4 is 102 Å². The number of esters is 8. The number of unbranched alkanes of at least 4 members (excludes halogenated alkanes) is 36. The molecule has 8 bridgehead atoms. The molecule has 134 heavy (non-hydrogen) atoms. The van der Waals surface area contributed by atoms with Gasteiger partial charge in [-0.15, -0.1) is 0 Å². The molecule has 8 atom stereocenters. The van der Waals surface area contributed by atoms with E-state index in [2.05, 4.69) is 27.7 Å². The predicted octanol–water partition coefficient (Wildman–Crippen LogP) is 28.8. The smallest absolute Gasteiger partial charge is 0.356 e. The van der Waals surface area contributed by atoms with Gasteiger partial charge in [-0.3, -0.25) is 19.2 Å². The standard InChI is InChI=1S/C114H160O20/c1-17-21-25-29-33-37-41-45-49-53-69-123-85-73-77-81(127-99(119)111-65-61-107(13,95(115)131-111)103(111,5)6)57-59-83(129-101(121)113-67-63-109(15,97(117)133-113)105(113,9)10)89(77)91-79(85)75-87(125-71-55-51-47-43-39-35-31-27-23-19-3)93-88(126-72-56-52-48-44-40-36-32-28-24-20-4)76-80-86(124-70-54-50-46-42-38-34-30-26-22-18-2)74-78-82(128-100(120)112-66-62-108(14,96(116)132-112)104(112,7)8)58-60-84(90(78)92(80)94(91)93)130-102(122)114-68-64-110(16,98(118)134-114)106(114,11)12/h57-60,73-76H,17-56,61-72H2,1-16H3/t107-,108-,109-,110-,111+,112+,113+,114+/m0/s1. The molecule has 8 aliphatic rings. The summed E-state index contributed by atoms with van der Waals surface area (Å²) in [5.41, 5.74) is -15.5. The first-order chi connectivity index (χ1) is 64.1. The van der Waals surface area contributed by atoms with Crippen molar-refractivity contribution in [2.24, 2.45) is 43.3 Å². The number of rotatable bonds is 56. The summed E-state index contributed by atoms with van der Waals surface area (Å²) in [5, 5.41) is 3.40. The van der Waals surface area contributed by atoms with E-state index in [4.69, 9.17) is 56.8 Å². The highest BCUT2D eigenvalue weighted by Gasteiger charge is 2.80. The maximum absolute atomic E-state index is 16.4. The highest BCUT2D eigenvalue weighted by Crippen LogP contribution is 2.71. The average Bonchev–Trinajstić information content (AvgIpc) is 1.55. The van der Waals surface area contributed by atoms with Crippen molar-refractivity contribution < 1.29 is 95.2 Å². The summed E-state index contributed by atoms with van der Waals surface area (Å²) < 4.78 is 84.0. The first-order valence-electron chi connectivity index (χ1n) is 52.9. The largest absolute Gasteiger partial charge is 0.493 e. The average molecular weight is 1850 g/mol. The van der Waals surface area contributed by atoms with Crippen LogP contribution < -0.4 is 37.9 Å². The van der Waals surface area contributed by atoms with Gasteiger partial charge in [0.25, 0.3) is 0 Å². The van der Waals surface area contributed by atoms with Gasteiger partial charge in [0, 0.05) is 70.1 Å². The number of carbonyl (C=O) groups excluding carboxylic acids is 8. The van der Waals surface area contributed by atoms with E-state index in [9.17, 15) is 19.2 Å². The van der Waals surface area contributed by atoms with Crippen LogP contribution in [0.15, 0.2) is 48.5 Å². The summed E-state index contributed by atoms with van der Waals surface area (Å²) in [6.07, 6.45) is 45.3. The normalized spacial score (nSPS) is 25.6. The topological polar surface area (TPSA) is 247 Å². The maximum Gasteiger partial charge on any atom is 0.356 e. The van der Waals surface area contributed by atoms with Gasteiger partial charge < -0.3 is 56.8 Å². The van der Waals surface area contributed by atoms with Crippen molar-refractivity contribution in [2.45, 2.75) is 441 Å². The van der Waals surface area contributed by atoms with Crippen LogP contribution in [0.3, 0.4) is 0 Å². The Morgan fingerprint density at radius 1 is 0.231 bits per heavy atom. The zero-order chi connectivity index (χ0) is 95.9. The minimum atomic E-state index is -1.78. The summed E-state index contributed by atoms with van der Waals surface area (Å²) in [6, 6.07) is 14.0. The number of ether oxygens (including phenoxy) is 12. The Bertz CT molecular complexity index is 4980. The number of benzene rings is 6. The second kappa shape index (κ2) is 41.7. The fourth-order valence-electron chi connectivity index (χ4n) is 24.3. The summed E-state index contributed by atoms with van der Waals surface area (Å²) in [7, 11) is 0. The van der Waals surface area contributed by atoms with E-state index in [-0.39, 0.29) is 96.7 Å². The zero-order valence-electron chi connectivity index (χ0n) is 84.6. The van der Waals surface area contributed by atoms with Crippen LogP contribution in [0, 0.1) is 43.3 Å². The van der Waals surface area contributed by atoms with Gasteiger partial charge in [0.15, 0.2) is 0 Å². The van der Waals surface area contributed by atoms with Gasteiger partial charge in [-0.1, -0.05) is 314 Å². The molecule has 4 saturated heterocycles. The summed E-state index contributed by atoms with van der Waals surface area (Å²) in [5.74, 6) is -3.83. The van der Waals surface area contributed by atoms with Gasteiger partial charge in [0.1, 0.15) is 46.0 Å². The monoisotopic (exact) mass is 1850 g/mol. The van der Waals surface area contributed by atoms with Gasteiger partial charge in [0.05, 0.1) is 53.5 Å². The van der Waals surface area contributed by atoms with Gasteiger partial charge in [-0.2, -0.15) is 0 Å². The van der Waals surface area contributed by atoms with Crippen LogP contribution >= 0.6 is 0 Å². The second-order valence-corrected chi connectivity index (χ2v) is 44.4. The fourth-order valence-corrected chi connectivity index (χ4v) is 24.3. The van der Waals surface area contributed by atoms with Crippen LogP contribution in [-0.4, -0.2) is 96.6 Å². The van der Waals surface area contributed by atoms with Crippen molar-refractivity contribution in [1.29, 1.82) is 0 Å². The summed E-state index contributed by atoms with van der Waals surface area (Å²) >= 11 is 0. The van der Waals surface area contributed by atoms with Gasteiger partial charge >= 0.3 is 47.8 Å². The SMILES string of the molecule is CCCCCCCCCCCCOc1cc2c(OC(=O)[C@@]34CC[C@@](C)(C(=O)O3)C4(C)C)ccc(OC(=O)[C@@]34CC[C@@](C)(C(=O)O3)C4(C)C)c2c2c1cc(OCCCCCCCCCCCC)c1c(OCCCCCCCCCCCC)cc3c(OCCCCCCCCCCCC)cc4c(OC(=O)[C@@]56CC[C@@](C)(C(=O)O5)C6(C)C)ccc(OC(=O)[C@@]56CC[C@@](C)(C(=O)O5)C6(C)C)c4c3c12. The van der Waals surface area contributed by atoms with Crippen molar-refractivity contribution in [3.05, 3.63) is 48.5 Å². The van der Waals surface area contributed by atoms with Crippen molar-refractivity contribution in [3.63, 3.8) is 0 Å². The lowest BCUT2D eigenvalue weighted by Crippen LogP contribution is -2.50. The van der Waals surface area contributed by atoms with Gasteiger partial charge in [0.2, 0.25) is 22.4 Å². The molecule has 20 heteroatoms. The Morgan fingerprint density at radius 3 is 0.642 bits per heavy atom. The molecule has 736 valence electrons. The molecule has 0 radical (unpaired) electrons. The highest BCUT2D eigenvalue weighted by atomic mass is 16.6. The Kier molecular flexibility index (Phi) is 31.6. The molecular weight excluding hydrogens is 1690 g/mol. The molecule has 0 spiro atoms. The predicted molar refractivity (Wildman–Crippen MR) is 526 cm³/mol. The summed E-state index contributed by atoms with van der Waals surface area (Å²) in [4.78, 5) is 123. The molecule has 0 amide bonds. The molecule has 0 aromatic heterocycles. The molecule has 4 heterocycles. The van der Waals surface area contributed by atoms with Gasteiger partial charge in [-0.05, 0) is 153 Å². The van der Waals surface area contributed by atoms with E-state index in [0.29, 0.717) is 107 Å². The van der Waals surface area contributed by atoms with Crippen LogP contribution in [0.4, 0.5) is 0 Å². The Balaban J connectivity index is 1.08. The molecular formula is C114H160O20. The third-order valence-corrected chi connectivity index (χ3v) is 35.7. The van der Waals surface area contributed by atoms with E-state index in [0.717, 1.165) is 103 Å². The molecule has 4 aliphatic carbocycles. The quantitative estimate of drug-likeness (QED) is 0.0113. The van der Waals surface area contributed by atoms with E-state index >= 15 is 19.2 Å². The molecule has 6 aromatic carbocycles. The number of hydrogen-bond donors (Lipinski definition) is 0. The second-order valence-electron chi connectivity index (χ2n) is 44.4. The number of fused-ring (bicyclic) bond motifs is 17. The highest BCUT2D eigenvalue weighted by molar-refractivity contribution is 6.38. The van der Waals surface area contributed by atoms with E-state index < -0.39 is 113 Å². The molecule has 6 aromatic rings. The lowest BCUT2D eigenvalue weighted by atomic mass is 9.66. The first-order valence-corrected chi connectivity index (χ1v) is 52.9. The Morgan fingerprint density at radius 2 is 0.425 bits per heavy atom. The molecule has 8 fully saturated rings. The molecule has 4 aliphatic heterocycles. The molecule has 14 rings (SSSR count). The van der Waals surface area contributed by atoms with Gasteiger partial charge in [-0.25, -0.2) is 19.2 Å². The van der Waals surface area contributed by atoms with Crippen LogP contribution in [0.5, 0.6) is 46.0 Å². The third kappa shape index (κ3) is 18.0. The maximum atomic E-state index is 16.4. The molecule has 4 saturated carbocycles. The zero-order valence-corrected chi connectivity index (χ0v) is 84.6. The minimum absolute atomic E-state index is 0.00667. The fraction of sp³-hybridized carbons (Fsp3) is 0.702. The van der Waals surface area contributed by atoms with Crippen molar-refractivity contribution in [1.82, 2.24) is 0 Å². The van der Waals surface area contributed by atoms with E-state index in [1.54, 1.807) is 24.3 Å². The lowest BCUT2D eigenvalue weighted by molar-refractivity contribution is -0.176. The van der Waals surface area contributed by atoms with Crippen LogP contribution in [0.2, 0.25) is 0 Å². The number of carbonyl (C=O) groups is 8. The Labute approximate surface area is 798 Å². The van der Waals surface area contributed by atoms with Crippen molar-refractivity contribution in [2.75, 3.05) is 26.4 Å². The molecule has 20 nitrogen and oxygen atoms in total. The third-order valence-electron chi connectivity index (χ3n) is 35.7. The molecule has 0 unspecified atom stereocenters. The Hall–Kier alpha value is -8.42. The lowest BCUT2D eigenvalue weighted by Gasteiger charge is -2.35. The summed E-state index contributed by atoms with van der Waals surface area (Å²) in [6.45, 7) is 32.4.